The molecule has 10 nitrogen and oxygen atoms in total. The Labute approximate surface area is 210 Å². The third-order valence-electron chi connectivity index (χ3n) is 6.50. The molecular weight excluding hydrogens is 460 g/mol. The van der Waals surface area contributed by atoms with Crippen molar-refractivity contribution in [3.63, 3.8) is 0 Å². The Balaban J connectivity index is 1.61. The molecule has 1 amide bonds. The second-order valence-corrected chi connectivity index (χ2v) is 9.16. The number of hydrogen-bond acceptors (Lipinski definition) is 7. The minimum atomic E-state index is -1.21. The van der Waals surface area contributed by atoms with E-state index in [-0.39, 0.29) is 25.5 Å². The molecule has 2 aromatic rings. The van der Waals surface area contributed by atoms with E-state index in [1.54, 1.807) is 0 Å². The Kier molecular flexibility index (Phi) is 8.43. The largest absolute Gasteiger partial charge is 0.494 e. The van der Waals surface area contributed by atoms with Crippen molar-refractivity contribution in [2.75, 3.05) is 19.8 Å². The number of nitrogens with zero attached hydrogens (tertiary/aromatic N) is 4. The monoisotopic (exact) mass is 492 g/mol. The van der Waals surface area contributed by atoms with E-state index in [4.69, 9.17) is 25.1 Å². The number of aliphatic imine (C=N–C) groups is 1. The summed E-state index contributed by atoms with van der Waals surface area (Å²) in [5, 5.41) is 12.6. The second-order valence-electron chi connectivity index (χ2n) is 9.16. The highest BCUT2D eigenvalue weighted by Crippen LogP contribution is 2.34. The van der Waals surface area contributed by atoms with Crippen molar-refractivity contribution in [2.45, 2.75) is 50.8 Å². The first kappa shape index (κ1) is 25.5. The van der Waals surface area contributed by atoms with Crippen molar-refractivity contribution in [3.8, 4) is 5.75 Å². The van der Waals surface area contributed by atoms with Gasteiger partial charge >= 0.3 is 0 Å². The molecule has 1 fully saturated rings. The number of azide groups is 1. The van der Waals surface area contributed by atoms with Crippen LogP contribution in [-0.2, 0) is 22.5 Å². The highest BCUT2D eigenvalue weighted by Gasteiger charge is 2.50. The molecular formula is C26H32N6O4. The van der Waals surface area contributed by atoms with Crippen LogP contribution in [0, 0.1) is 5.92 Å². The Morgan fingerprint density at radius 3 is 2.69 bits per heavy atom. The summed E-state index contributed by atoms with van der Waals surface area (Å²) >= 11 is 0. The van der Waals surface area contributed by atoms with E-state index in [1.807, 2.05) is 55.5 Å². The number of carbonyl (C=O) groups is 1. The van der Waals surface area contributed by atoms with Crippen molar-refractivity contribution in [3.05, 3.63) is 75.7 Å². The summed E-state index contributed by atoms with van der Waals surface area (Å²) in [5.74, 6) is 1.39. The topological polar surface area (TPSA) is 141 Å². The Morgan fingerprint density at radius 2 is 2.00 bits per heavy atom. The number of carbonyl (C=O) groups excluding carboxylic acids is 1. The maximum absolute atomic E-state index is 13.6. The predicted molar refractivity (Wildman–Crippen MR) is 135 cm³/mol. The molecule has 0 aromatic heterocycles. The van der Waals surface area contributed by atoms with E-state index in [0.29, 0.717) is 30.6 Å². The predicted octanol–water partition coefficient (Wildman–Crippen LogP) is 3.44. The SMILES string of the molecule is C[C@@H]1OC(c2ccc(OCCCO)cc2)=N[C@]1(Cc1ccccc1CN=[N+]=[N-])C(=O)NNCC1CC1. The molecule has 0 saturated heterocycles. The quantitative estimate of drug-likeness (QED) is 0.129. The van der Waals surface area contributed by atoms with Crippen LogP contribution in [0.2, 0.25) is 0 Å². The van der Waals surface area contributed by atoms with Crippen LogP contribution in [0.3, 0.4) is 0 Å². The molecule has 1 heterocycles. The molecule has 0 bridgehead atoms. The molecule has 1 saturated carbocycles. The lowest BCUT2D eigenvalue weighted by Crippen LogP contribution is -2.56. The van der Waals surface area contributed by atoms with Gasteiger partial charge in [0.25, 0.3) is 5.91 Å². The fraction of sp³-hybridized carbons (Fsp3) is 0.462. The lowest BCUT2D eigenvalue weighted by Gasteiger charge is -2.29. The number of aliphatic hydroxyl groups is 1. The van der Waals surface area contributed by atoms with Crippen molar-refractivity contribution >= 4 is 11.8 Å². The molecule has 2 aromatic carbocycles. The van der Waals surface area contributed by atoms with E-state index >= 15 is 0 Å². The molecule has 36 heavy (non-hydrogen) atoms. The van der Waals surface area contributed by atoms with Gasteiger partial charge in [-0.1, -0.05) is 29.4 Å². The van der Waals surface area contributed by atoms with Gasteiger partial charge in [0.1, 0.15) is 11.9 Å². The number of rotatable bonds is 13. The average Bonchev–Trinajstić information content (AvgIpc) is 3.66. The van der Waals surface area contributed by atoms with Gasteiger partial charge in [-0.25, -0.2) is 10.4 Å². The van der Waals surface area contributed by atoms with Crippen molar-refractivity contribution < 1.29 is 19.4 Å². The molecule has 10 heteroatoms. The third-order valence-corrected chi connectivity index (χ3v) is 6.50. The van der Waals surface area contributed by atoms with Gasteiger partial charge in [0, 0.05) is 36.5 Å². The van der Waals surface area contributed by atoms with Crippen LogP contribution in [0.4, 0.5) is 0 Å². The maximum atomic E-state index is 13.6. The van der Waals surface area contributed by atoms with Crippen LogP contribution in [-0.4, -0.2) is 48.3 Å². The summed E-state index contributed by atoms with van der Waals surface area (Å²) < 4.78 is 11.8. The number of benzene rings is 2. The lowest BCUT2D eigenvalue weighted by atomic mass is 9.84. The van der Waals surface area contributed by atoms with Gasteiger partial charge in [-0.3, -0.25) is 10.2 Å². The maximum Gasteiger partial charge on any atom is 0.266 e. The molecule has 3 N–H and O–H groups in total. The average molecular weight is 493 g/mol. The van der Waals surface area contributed by atoms with Gasteiger partial charge in [0.05, 0.1) is 13.2 Å². The normalized spacial score (nSPS) is 20.7. The molecule has 4 rings (SSSR count). The third kappa shape index (κ3) is 6.15. The first-order chi connectivity index (χ1) is 17.6. The molecule has 190 valence electrons. The van der Waals surface area contributed by atoms with E-state index in [0.717, 1.165) is 23.2 Å². The van der Waals surface area contributed by atoms with Crippen molar-refractivity contribution in [1.29, 1.82) is 0 Å². The van der Waals surface area contributed by atoms with Gasteiger partial charge in [-0.15, -0.1) is 0 Å². The summed E-state index contributed by atoms with van der Waals surface area (Å²) in [6, 6.07) is 14.9. The van der Waals surface area contributed by atoms with E-state index in [2.05, 4.69) is 20.9 Å². The Hall–Kier alpha value is -3.59. The van der Waals surface area contributed by atoms with Crippen LogP contribution in [0.1, 0.15) is 42.9 Å². The van der Waals surface area contributed by atoms with Crippen LogP contribution in [0.5, 0.6) is 5.75 Å². The molecule has 1 aliphatic carbocycles. The summed E-state index contributed by atoms with van der Waals surface area (Å²) in [5.41, 5.74) is 16.0. The van der Waals surface area contributed by atoms with Crippen molar-refractivity contribution in [1.82, 2.24) is 10.9 Å². The highest BCUT2D eigenvalue weighted by molar-refractivity contribution is 6.00. The van der Waals surface area contributed by atoms with E-state index < -0.39 is 11.6 Å². The number of aliphatic hydroxyl groups excluding tert-OH is 1. The van der Waals surface area contributed by atoms with E-state index in [9.17, 15) is 4.79 Å². The van der Waals surface area contributed by atoms with Gasteiger partial charge < -0.3 is 14.6 Å². The lowest BCUT2D eigenvalue weighted by molar-refractivity contribution is -0.129. The summed E-state index contributed by atoms with van der Waals surface area (Å²) in [4.78, 5) is 21.4. The number of ether oxygens (including phenoxy) is 2. The van der Waals surface area contributed by atoms with E-state index in [1.165, 1.54) is 12.8 Å². The number of hydrogen-bond donors (Lipinski definition) is 3. The van der Waals surface area contributed by atoms with Crippen LogP contribution in [0.25, 0.3) is 10.4 Å². The second kappa shape index (κ2) is 11.9. The standard InChI is InChI=1S/C26H32N6O4/c1-18-26(25(34)31-28-16-19-7-8-19,15-21-5-2-3-6-22(21)17-29-32-27)30-24(36-18)20-9-11-23(12-10-20)35-14-4-13-33/h2-3,5-6,9-12,18-19,28,33H,4,7-8,13-17H2,1H3,(H,31,34)/t18-,26-/m0/s1. The summed E-state index contributed by atoms with van der Waals surface area (Å²) in [6.45, 7) is 3.26. The van der Waals surface area contributed by atoms with Gasteiger partial charge in [-0.05, 0) is 66.6 Å². The molecule has 0 unspecified atom stereocenters. The molecule has 2 aliphatic rings. The minimum absolute atomic E-state index is 0.0757. The Morgan fingerprint density at radius 1 is 1.25 bits per heavy atom. The smallest absolute Gasteiger partial charge is 0.266 e. The first-order valence-corrected chi connectivity index (χ1v) is 12.3. The molecule has 2 atom stereocenters. The number of hydrazine groups is 1. The zero-order valence-electron chi connectivity index (χ0n) is 20.4. The van der Waals surface area contributed by atoms with Crippen molar-refractivity contribution in [2.24, 2.45) is 16.0 Å². The highest BCUT2D eigenvalue weighted by atomic mass is 16.5. The molecule has 0 spiro atoms. The van der Waals surface area contributed by atoms with Crippen LogP contribution in [0.15, 0.2) is 58.6 Å². The Bertz CT molecular complexity index is 1130. The number of amides is 1. The van der Waals surface area contributed by atoms with Gasteiger partial charge in [0.2, 0.25) is 5.90 Å². The fourth-order valence-corrected chi connectivity index (χ4v) is 4.13. The number of nitrogens with one attached hydrogen (secondary N) is 2. The zero-order chi connectivity index (χ0) is 25.4. The van der Waals surface area contributed by atoms with Gasteiger partial charge in [-0.2, -0.15) is 0 Å². The molecule has 0 radical (unpaired) electrons. The minimum Gasteiger partial charge on any atom is -0.494 e. The fourth-order valence-electron chi connectivity index (χ4n) is 4.13. The molecule has 1 aliphatic heterocycles. The zero-order valence-corrected chi connectivity index (χ0v) is 20.4. The first-order valence-electron chi connectivity index (χ1n) is 12.3. The van der Waals surface area contributed by atoms with Crippen LogP contribution >= 0.6 is 0 Å². The van der Waals surface area contributed by atoms with Gasteiger partial charge in [0.15, 0.2) is 5.54 Å². The summed E-state index contributed by atoms with van der Waals surface area (Å²) in [7, 11) is 0. The van der Waals surface area contributed by atoms with Crippen LogP contribution < -0.4 is 15.6 Å². The summed E-state index contributed by atoms with van der Waals surface area (Å²) in [6.07, 6.45) is 2.64.